The van der Waals surface area contributed by atoms with E-state index in [0.717, 1.165) is 4.68 Å². The van der Waals surface area contributed by atoms with Gasteiger partial charge in [0.1, 0.15) is 17.2 Å². The van der Waals surface area contributed by atoms with E-state index in [-0.39, 0.29) is 47.1 Å². The van der Waals surface area contributed by atoms with Gasteiger partial charge in [-0.15, -0.1) is 0 Å². The molecule has 0 aliphatic carbocycles. The minimum absolute atomic E-state index is 0.0503. The van der Waals surface area contributed by atoms with Gasteiger partial charge in [-0.2, -0.15) is 18.3 Å². The van der Waals surface area contributed by atoms with Gasteiger partial charge in [-0.05, 0) is 61.0 Å². The van der Waals surface area contributed by atoms with Crippen LogP contribution in [-0.2, 0) is 12.6 Å². The Balaban J connectivity index is 1.62. The molecule has 0 spiro atoms. The number of methoxy groups -OCH3 is 2. The van der Waals surface area contributed by atoms with Crippen molar-refractivity contribution in [3.05, 3.63) is 94.8 Å². The van der Waals surface area contributed by atoms with E-state index in [1.165, 1.54) is 42.2 Å². The van der Waals surface area contributed by atoms with Crippen LogP contribution in [0, 0.1) is 0 Å². The highest BCUT2D eigenvalue weighted by atomic mass is 19.4. The van der Waals surface area contributed by atoms with Crippen molar-refractivity contribution in [1.29, 1.82) is 0 Å². The number of rotatable bonds is 7. The average molecular weight is 608 g/mol. The number of nitrogens with one attached hydrogen (secondary N) is 1. The van der Waals surface area contributed by atoms with Gasteiger partial charge in [-0.3, -0.25) is 14.4 Å². The second kappa shape index (κ2) is 11.7. The molecule has 3 aromatic carbocycles. The molecule has 1 N–H and O–H groups in total. The summed E-state index contributed by atoms with van der Waals surface area (Å²) >= 11 is 0. The largest absolute Gasteiger partial charge is 0.497 e. The molecule has 0 fully saturated rings. The minimum Gasteiger partial charge on any atom is -0.497 e. The number of carbonyl (C=O) groups excluding carboxylic acids is 3. The van der Waals surface area contributed by atoms with E-state index in [9.17, 15) is 27.6 Å². The van der Waals surface area contributed by atoms with Gasteiger partial charge >= 0.3 is 6.18 Å². The Labute approximate surface area is 250 Å². The van der Waals surface area contributed by atoms with Crippen molar-refractivity contribution in [3.63, 3.8) is 0 Å². The first-order valence-corrected chi connectivity index (χ1v) is 13.4. The lowest BCUT2D eigenvalue weighted by atomic mass is 10.0. The van der Waals surface area contributed by atoms with Crippen LogP contribution in [0.1, 0.15) is 42.5 Å². The second-order valence-electron chi connectivity index (χ2n) is 10.1. The van der Waals surface area contributed by atoms with E-state index in [1.807, 2.05) is 0 Å². The number of aromatic nitrogens is 2. The van der Waals surface area contributed by atoms with E-state index in [0.29, 0.717) is 22.7 Å². The van der Waals surface area contributed by atoms with Crippen LogP contribution in [0.3, 0.4) is 0 Å². The molecule has 10 nitrogen and oxygen atoms in total. The summed E-state index contributed by atoms with van der Waals surface area (Å²) in [4.78, 5) is 42.6. The molecular weight excluding hydrogens is 579 g/mol. The predicted octanol–water partition coefficient (Wildman–Crippen LogP) is 5.07. The minimum atomic E-state index is -4.86. The maximum Gasteiger partial charge on any atom is 0.435 e. The fraction of sp³-hybridized carbons (Fsp3) is 0.226. The van der Waals surface area contributed by atoms with Gasteiger partial charge in [0.25, 0.3) is 17.7 Å². The number of halogens is 3. The van der Waals surface area contributed by atoms with Crippen LogP contribution in [0.25, 0.3) is 5.69 Å². The Kier molecular flexibility index (Phi) is 8.05. The van der Waals surface area contributed by atoms with Crippen molar-refractivity contribution >= 4 is 29.1 Å². The first kappa shape index (κ1) is 30.1. The van der Waals surface area contributed by atoms with Gasteiger partial charge in [-0.25, -0.2) is 4.68 Å². The number of amides is 3. The van der Waals surface area contributed by atoms with Gasteiger partial charge in [-0.1, -0.05) is 12.1 Å². The van der Waals surface area contributed by atoms with Crippen LogP contribution in [0.15, 0.2) is 66.7 Å². The first-order valence-electron chi connectivity index (χ1n) is 13.4. The van der Waals surface area contributed by atoms with Crippen molar-refractivity contribution in [2.45, 2.75) is 12.6 Å². The van der Waals surface area contributed by atoms with Gasteiger partial charge in [0, 0.05) is 37.5 Å². The molecule has 228 valence electrons. The lowest BCUT2D eigenvalue weighted by Gasteiger charge is -2.28. The third-order valence-electron chi connectivity index (χ3n) is 7.15. The molecule has 2 heterocycles. The second-order valence-corrected chi connectivity index (χ2v) is 10.1. The van der Waals surface area contributed by atoms with E-state index in [1.54, 1.807) is 62.6 Å². The van der Waals surface area contributed by atoms with Crippen LogP contribution < -0.4 is 19.7 Å². The third-order valence-corrected chi connectivity index (χ3v) is 7.15. The molecular formula is C31H28F3N5O5. The van der Waals surface area contributed by atoms with Crippen LogP contribution in [0.2, 0.25) is 0 Å². The Morgan fingerprint density at radius 2 is 1.68 bits per heavy atom. The summed E-state index contributed by atoms with van der Waals surface area (Å²) in [5, 5.41) is 6.57. The molecule has 0 saturated carbocycles. The first-order chi connectivity index (χ1) is 20.9. The Hall–Kier alpha value is -5.33. The molecule has 44 heavy (non-hydrogen) atoms. The zero-order valence-electron chi connectivity index (χ0n) is 24.2. The fourth-order valence-electron chi connectivity index (χ4n) is 5.00. The molecule has 1 aliphatic rings. The molecule has 4 aromatic rings. The number of carbonyl (C=O) groups is 3. The zero-order chi connectivity index (χ0) is 31.8. The number of para-hydroxylation sites is 2. The number of benzene rings is 3. The molecule has 0 saturated heterocycles. The van der Waals surface area contributed by atoms with Gasteiger partial charge in [0.2, 0.25) is 0 Å². The van der Waals surface area contributed by atoms with Crippen LogP contribution in [0.4, 0.5) is 24.5 Å². The number of anilines is 2. The summed E-state index contributed by atoms with van der Waals surface area (Å²) in [5.74, 6) is -1.05. The van der Waals surface area contributed by atoms with Crippen molar-refractivity contribution in [2.24, 2.45) is 0 Å². The predicted molar refractivity (Wildman–Crippen MR) is 156 cm³/mol. The monoisotopic (exact) mass is 607 g/mol. The van der Waals surface area contributed by atoms with Crippen molar-refractivity contribution in [1.82, 2.24) is 14.7 Å². The Morgan fingerprint density at radius 3 is 2.32 bits per heavy atom. The number of fused-ring (bicyclic) bond motifs is 1. The molecule has 5 rings (SSSR count). The summed E-state index contributed by atoms with van der Waals surface area (Å²) in [6.07, 6.45) is -5.01. The molecule has 0 unspecified atom stereocenters. The standard InChI is InChI=1S/C31H28F3N5O5/c1-37(2)29(41)18-9-11-19(12-10-18)38-16-15-21-26(30(38)42)39(36-27(21)31(32,33)34)24-14-13-20(43-3)17-22(24)28(40)35-23-7-5-6-8-25(23)44-4/h5-14,17H,15-16H2,1-4H3,(H,35,40). The molecule has 1 aromatic heterocycles. The molecule has 0 radical (unpaired) electrons. The van der Waals surface area contributed by atoms with E-state index >= 15 is 0 Å². The van der Waals surface area contributed by atoms with Crippen LogP contribution in [-0.4, -0.2) is 67.3 Å². The maximum atomic E-state index is 14.2. The quantitative estimate of drug-likeness (QED) is 0.315. The summed E-state index contributed by atoms with van der Waals surface area (Å²) in [6, 6.07) is 17.0. The molecule has 1 aliphatic heterocycles. The summed E-state index contributed by atoms with van der Waals surface area (Å²) in [7, 11) is 6.03. The Bertz CT molecular complexity index is 1750. The van der Waals surface area contributed by atoms with E-state index in [2.05, 4.69) is 10.4 Å². The number of nitrogens with zero attached hydrogens (tertiary/aromatic N) is 4. The fourth-order valence-corrected chi connectivity index (χ4v) is 5.00. The number of ether oxygens (including phenoxy) is 2. The molecule has 13 heteroatoms. The van der Waals surface area contributed by atoms with Crippen LogP contribution in [0.5, 0.6) is 11.5 Å². The van der Waals surface area contributed by atoms with E-state index < -0.39 is 23.7 Å². The van der Waals surface area contributed by atoms with Gasteiger partial charge in [0.05, 0.1) is 31.2 Å². The summed E-state index contributed by atoms with van der Waals surface area (Å²) < 4.78 is 54.2. The maximum absolute atomic E-state index is 14.2. The highest BCUT2D eigenvalue weighted by molar-refractivity contribution is 6.10. The lowest BCUT2D eigenvalue weighted by Crippen LogP contribution is -2.39. The van der Waals surface area contributed by atoms with Gasteiger partial charge < -0.3 is 24.6 Å². The number of alkyl halides is 3. The van der Waals surface area contributed by atoms with E-state index in [4.69, 9.17) is 9.47 Å². The summed E-state index contributed by atoms with van der Waals surface area (Å²) in [6.45, 7) is -0.0503. The molecule has 3 amide bonds. The number of hydrogen-bond acceptors (Lipinski definition) is 6. The summed E-state index contributed by atoms with van der Waals surface area (Å²) in [5.41, 5.74) is -0.861. The van der Waals surface area contributed by atoms with Crippen molar-refractivity contribution in [3.8, 4) is 17.2 Å². The van der Waals surface area contributed by atoms with Crippen molar-refractivity contribution in [2.75, 3.05) is 45.1 Å². The van der Waals surface area contributed by atoms with Crippen LogP contribution >= 0.6 is 0 Å². The lowest BCUT2D eigenvalue weighted by molar-refractivity contribution is -0.141. The average Bonchev–Trinajstić information content (AvgIpc) is 3.42. The molecule has 0 atom stereocenters. The van der Waals surface area contributed by atoms with Crippen molar-refractivity contribution < 1.29 is 37.0 Å². The highest BCUT2D eigenvalue weighted by Gasteiger charge is 2.43. The topological polar surface area (TPSA) is 106 Å². The SMILES string of the molecule is COc1ccc(-n2nc(C(F)(F)F)c3c2C(=O)N(c2ccc(C(=O)N(C)C)cc2)CC3)c(C(=O)Nc2ccccc2OC)c1. The normalized spacial score (nSPS) is 12.9. The number of hydrogen-bond donors (Lipinski definition) is 1. The smallest absolute Gasteiger partial charge is 0.435 e. The third kappa shape index (κ3) is 5.55. The molecule has 0 bridgehead atoms. The highest BCUT2D eigenvalue weighted by Crippen LogP contribution is 2.38. The Morgan fingerprint density at radius 1 is 0.977 bits per heavy atom. The zero-order valence-corrected chi connectivity index (χ0v) is 24.2. The van der Waals surface area contributed by atoms with Gasteiger partial charge in [0.15, 0.2) is 5.69 Å².